The molecule has 1 fully saturated rings. The molecule has 0 unspecified atom stereocenters. The highest BCUT2D eigenvalue weighted by molar-refractivity contribution is 8.01. The molecule has 1 aliphatic carbocycles. The molecular weight excluding hydrogens is 464 g/mol. The van der Waals surface area contributed by atoms with Gasteiger partial charge in [0.15, 0.2) is 0 Å². The van der Waals surface area contributed by atoms with Gasteiger partial charge in [-0.1, -0.05) is 30.4 Å². The number of thioether (sulfide) groups is 2. The number of carbonyl (C=O) groups is 2. The van der Waals surface area contributed by atoms with Crippen molar-refractivity contribution in [3.05, 3.63) is 47.4 Å². The molecule has 0 amide bonds. The summed E-state index contributed by atoms with van der Waals surface area (Å²) in [6.07, 6.45) is 5.75. The third-order valence-electron chi connectivity index (χ3n) is 5.58. The minimum absolute atomic E-state index is 0.0375. The van der Waals surface area contributed by atoms with E-state index < -0.39 is 12.1 Å². The number of thiophene rings is 1. The number of hydrogen-bond donors (Lipinski definition) is 3. The number of aliphatic hydroxyl groups excluding tert-OH is 2. The van der Waals surface area contributed by atoms with E-state index in [1.165, 1.54) is 26.7 Å². The first-order chi connectivity index (χ1) is 15.5. The van der Waals surface area contributed by atoms with Crippen LogP contribution in [0.1, 0.15) is 24.1 Å². The number of carboxylic acids is 1. The number of allylic oxidation sites excluding steroid dienone is 1. The summed E-state index contributed by atoms with van der Waals surface area (Å²) >= 11 is 4.73. The summed E-state index contributed by atoms with van der Waals surface area (Å²) in [7, 11) is 0. The van der Waals surface area contributed by atoms with Crippen LogP contribution in [0.15, 0.2) is 42.5 Å². The molecule has 2 aromatic rings. The molecule has 1 aromatic heterocycles. The minimum atomic E-state index is -0.810. The summed E-state index contributed by atoms with van der Waals surface area (Å²) in [5, 5.41) is 29.9. The second-order valence-corrected chi connectivity index (χ2v) is 11.5. The van der Waals surface area contributed by atoms with Crippen LogP contribution in [0.2, 0.25) is 0 Å². The largest absolute Gasteiger partial charge is 0.481 e. The zero-order chi connectivity index (χ0) is 22.9. The van der Waals surface area contributed by atoms with Crippen molar-refractivity contribution in [3.8, 4) is 0 Å². The van der Waals surface area contributed by atoms with Crippen molar-refractivity contribution in [3.63, 3.8) is 0 Å². The zero-order valence-electron chi connectivity index (χ0n) is 17.9. The Morgan fingerprint density at radius 1 is 1.28 bits per heavy atom. The van der Waals surface area contributed by atoms with Crippen LogP contribution in [0, 0.1) is 11.8 Å². The van der Waals surface area contributed by atoms with Gasteiger partial charge in [-0.2, -0.15) is 11.8 Å². The molecule has 1 saturated carbocycles. The quantitative estimate of drug-likeness (QED) is 0.283. The summed E-state index contributed by atoms with van der Waals surface area (Å²) in [6.45, 7) is -0.0375. The summed E-state index contributed by atoms with van der Waals surface area (Å²) in [4.78, 5) is 24.3. The zero-order valence-corrected chi connectivity index (χ0v) is 20.3. The summed E-state index contributed by atoms with van der Waals surface area (Å²) in [5.41, 5.74) is 0. The predicted molar refractivity (Wildman–Crippen MR) is 135 cm³/mol. The molecular formula is C24H30O5S3. The van der Waals surface area contributed by atoms with Crippen molar-refractivity contribution in [2.24, 2.45) is 11.8 Å². The second-order valence-electron chi connectivity index (χ2n) is 8.02. The van der Waals surface area contributed by atoms with E-state index in [1.54, 1.807) is 29.2 Å². The van der Waals surface area contributed by atoms with Crippen molar-refractivity contribution in [1.82, 2.24) is 0 Å². The highest BCUT2D eigenvalue weighted by Crippen LogP contribution is 2.38. The van der Waals surface area contributed by atoms with E-state index in [0.717, 1.165) is 24.3 Å². The minimum Gasteiger partial charge on any atom is -0.481 e. The second kappa shape index (κ2) is 12.8. The summed E-state index contributed by atoms with van der Waals surface area (Å²) in [6, 6.07) is 10.4. The Bertz CT molecular complexity index is 892. The van der Waals surface area contributed by atoms with Gasteiger partial charge in [-0.25, -0.2) is 0 Å². The van der Waals surface area contributed by atoms with Crippen LogP contribution >= 0.6 is 34.9 Å². The monoisotopic (exact) mass is 494 g/mol. The fourth-order valence-electron chi connectivity index (χ4n) is 3.95. The molecule has 1 heterocycles. The number of aliphatic carboxylic acids is 1. The van der Waals surface area contributed by atoms with Crippen molar-refractivity contribution in [1.29, 1.82) is 0 Å². The third-order valence-corrected chi connectivity index (χ3v) is 9.25. The maximum Gasteiger partial charge on any atom is 0.313 e. The van der Waals surface area contributed by atoms with Gasteiger partial charge < -0.3 is 15.3 Å². The van der Waals surface area contributed by atoms with E-state index in [-0.39, 0.29) is 35.2 Å². The van der Waals surface area contributed by atoms with Crippen LogP contribution in [0.25, 0.3) is 10.1 Å². The maximum atomic E-state index is 12.5. The van der Waals surface area contributed by atoms with Crippen molar-refractivity contribution in [2.45, 2.75) is 37.0 Å². The molecule has 5 nitrogen and oxygen atoms in total. The Kier molecular flexibility index (Phi) is 10.1. The van der Waals surface area contributed by atoms with Crippen LogP contribution in [0.3, 0.4) is 0 Å². The standard InChI is InChI=1S/C24H30O5S3/c25-14-17-13-21(27)24(31-11-3-10-30-15-23(28)29)20(17)9-7-18(26)6-8-19-12-16-4-1-2-5-22(16)32-19/h1-2,4-5,7,9,12,17-18,20,24-26H,3,6,8,10-11,13-15H2,(H,28,29)/t17-,18-,20-,24+/m0/s1. The number of fused-ring (bicyclic) bond motifs is 1. The van der Waals surface area contributed by atoms with Gasteiger partial charge in [0.1, 0.15) is 5.78 Å². The van der Waals surface area contributed by atoms with Gasteiger partial charge in [0.05, 0.1) is 17.1 Å². The van der Waals surface area contributed by atoms with Gasteiger partial charge in [-0.3, -0.25) is 9.59 Å². The number of hydrogen-bond acceptors (Lipinski definition) is 7. The molecule has 3 N–H and O–H groups in total. The Morgan fingerprint density at radius 3 is 2.84 bits per heavy atom. The lowest BCUT2D eigenvalue weighted by Crippen LogP contribution is -2.21. The van der Waals surface area contributed by atoms with Gasteiger partial charge in [0.25, 0.3) is 0 Å². The lowest BCUT2D eigenvalue weighted by Gasteiger charge is -2.19. The molecule has 1 aromatic carbocycles. The first-order valence-electron chi connectivity index (χ1n) is 10.9. The first-order valence-corrected chi connectivity index (χ1v) is 13.9. The molecule has 0 spiro atoms. The topological polar surface area (TPSA) is 94.8 Å². The number of Topliss-reactive ketones (excluding diaryl/α,β-unsaturated/α-hetero) is 1. The van der Waals surface area contributed by atoms with E-state index in [2.05, 4.69) is 18.2 Å². The van der Waals surface area contributed by atoms with E-state index in [0.29, 0.717) is 12.8 Å². The molecule has 4 atom stereocenters. The molecule has 0 bridgehead atoms. The predicted octanol–water partition coefficient (Wildman–Crippen LogP) is 4.26. The van der Waals surface area contributed by atoms with Crippen molar-refractivity contribution < 1.29 is 24.9 Å². The van der Waals surface area contributed by atoms with Gasteiger partial charge in [-0.05, 0) is 54.2 Å². The van der Waals surface area contributed by atoms with Crippen LogP contribution in [-0.2, 0) is 16.0 Å². The SMILES string of the molecule is O=C(O)CSCCCS[C@H]1C(=O)C[C@@H](CO)[C@@H]1C=C[C@@H](O)CCc1cc2ccccc2s1. The average Bonchev–Trinajstić information content (AvgIpc) is 3.33. The highest BCUT2D eigenvalue weighted by Gasteiger charge is 2.40. The highest BCUT2D eigenvalue weighted by atomic mass is 32.2. The number of aryl methyl sites for hydroxylation is 1. The molecule has 0 saturated heterocycles. The van der Waals surface area contributed by atoms with Crippen molar-refractivity contribution >= 4 is 56.7 Å². The molecule has 174 valence electrons. The van der Waals surface area contributed by atoms with Gasteiger partial charge in [-0.15, -0.1) is 23.1 Å². The van der Waals surface area contributed by atoms with Crippen LogP contribution in [0.5, 0.6) is 0 Å². The van der Waals surface area contributed by atoms with E-state index in [4.69, 9.17) is 5.11 Å². The lowest BCUT2D eigenvalue weighted by atomic mass is 9.95. The third kappa shape index (κ3) is 7.35. The summed E-state index contributed by atoms with van der Waals surface area (Å²) in [5.74, 6) is 0.790. The smallest absolute Gasteiger partial charge is 0.313 e. The number of rotatable bonds is 13. The fourth-order valence-corrected chi connectivity index (χ4v) is 7.27. The van der Waals surface area contributed by atoms with Gasteiger partial charge >= 0.3 is 5.97 Å². The van der Waals surface area contributed by atoms with Gasteiger partial charge in [0, 0.05) is 28.5 Å². The average molecular weight is 495 g/mol. The summed E-state index contributed by atoms with van der Waals surface area (Å²) < 4.78 is 1.25. The van der Waals surface area contributed by atoms with Crippen LogP contribution < -0.4 is 0 Å². The number of carbonyl (C=O) groups excluding carboxylic acids is 1. The Hall–Kier alpha value is -1.32. The van der Waals surface area contributed by atoms with E-state index in [9.17, 15) is 19.8 Å². The molecule has 3 rings (SSSR count). The number of ketones is 1. The Labute approximate surface area is 201 Å². The van der Waals surface area contributed by atoms with E-state index in [1.807, 2.05) is 18.2 Å². The molecule has 8 heteroatoms. The molecule has 32 heavy (non-hydrogen) atoms. The number of benzene rings is 1. The molecule has 0 aliphatic heterocycles. The Morgan fingerprint density at radius 2 is 2.09 bits per heavy atom. The van der Waals surface area contributed by atoms with Crippen molar-refractivity contribution in [2.75, 3.05) is 23.9 Å². The normalized spacial score (nSPS) is 22.2. The molecule has 0 radical (unpaired) electrons. The van der Waals surface area contributed by atoms with E-state index >= 15 is 0 Å². The fraction of sp³-hybridized carbons (Fsp3) is 0.500. The maximum absolute atomic E-state index is 12.5. The number of carboxylic acid groups (broad SMARTS) is 1. The van der Waals surface area contributed by atoms with Crippen LogP contribution in [0.4, 0.5) is 0 Å². The lowest BCUT2D eigenvalue weighted by molar-refractivity contribution is -0.133. The van der Waals surface area contributed by atoms with Gasteiger partial charge in [0.2, 0.25) is 0 Å². The Balaban J connectivity index is 1.49. The molecule has 1 aliphatic rings. The first kappa shape index (κ1) is 25.3. The van der Waals surface area contributed by atoms with Crippen LogP contribution in [-0.4, -0.2) is 62.3 Å². The number of aliphatic hydroxyl groups is 2.